The molecule has 1 aliphatic rings. The molecule has 5 nitrogen and oxygen atoms in total. The van der Waals surface area contributed by atoms with Crippen LogP contribution in [0.3, 0.4) is 0 Å². The van der Waals surface area contributed by atoms with Crippen LogP contribution in [0.4, 0.5) is 0 Å². The molecule has 1 N–H and O–H groups in total. The van der Waals surface area contributed by atoms with E-state index in [4.69, 9.17) is 0 Å². The summed E-state index contributed by atoms with van der Waals surface area (Å²) in [7, 11) is 0.0975. The van der Waals surface area contributed by atoms with Crippen LogP contribution in [-0.4, -0.2) is 56.8 Å². The summed E-state index contributed by atoms with van der Waals surface area (Å²) < 4.78 is 28.0. The summed E-state index contributed by atoms with van der Waals surface area (Å²) in [5.41, 5.74) is 0. The monoisotopic (exact) mass is 319 g/mol. The number of nitrogens with zero attached hydrogens (tertiary/aromatic N) is 2. The highest BCUT2D eigenvalue weighted by molar-refractivity contribution is 7.86. The van der Waals surface area contributed by atoms with Crippen LogP contribution < -0.4 is 5.32 Å². The molecule has 1 aliphatic carbocycles. The molecule has 0 aliphatic heterocycles. The molecule has 0 aromatic carbocycles. The minimum atomic E-state index is -3.30. The van der Waals surface area contributed by atoms with Gasteiger partial charge in [-0.05, 0) is 31.7 Å². The van der Waals surface area contributed by atoms with E-state index in [9.17, 15) is 8.42 Å². The molecule has 1 rings (SSSR count). The molecule has 0 heterocycles. The average molecular weight is 320 g/mol. The molecule has 21 heavy (non-hydrogen) atoms. The van der Waals surface area contributed by atoms with Crippen molar-refractivity contribution in [3.63, 3.8) is 0 Å². The van der Waals surface area contributed by atoms with Crippen LogP contribution in [0.15, 0.2) is 0 Å². The zero-order valence-electron chi connectivity index (χ0n) is 14.1. The van der Waals surface area contributed by atoms with Crippen molar-refractivity contribution in [3.05, 3.63) is 0 Å². The molecule has 126 valence electrons. The van der Waals surface area contributed by atoms with Gasteiger partial charge in [0.2, 0.25) is 0 Å². The van der Waals surface area contributed by atoms with E-state index in [-0.39, 0.29) is 0 Å². The first-order valence-electron chi connectivity index (χ1n) is 8.25. The maximum Gasteiger partial charge on any atom is 0.281 e. The van der Waals surface area contributed by atoms with Gasteiger partial charge in [-0.3, -0.25) is 0 Å². The predicted octanol–water partition coefficient (Wildman–Crippen LogP) is 2.06. The Morgan fingerprint density at radius 3 is 2.29 bits per heavy atom. The summed E-state index contributed by atoms with van der Waals surface area (Å²) >= 11 is 0. The van der Waals surface area contributed by atoms with Crippen molar-refractivity contribution in [2.45, 2.75) is 58.4 Å². The summed E-state index contributed by atoms with van der Waals surface area (Å²) in [6.45, 7) is 6.27. The second kappa shape index (κ2) is 9.08. The van der Waals surface area contributed by atoms with Gasteiger partial charge in [0.1, 0.15) is 0 Å². The van der Waals surface area contributed by atoms with Gasteiger partial charge >= 0.3 is 0 Å². The van der Waals surface area contributed by atoms with Crippen molar-refractivity contribution in [2.24, 2.45) is 5.92 Å². The lowest BCUT2D eigenvalue weighted by Gasteiger charge is -2.29. The highest BCUT2D eigenvalue weighted by Gasteiger charge is 2.26. The van der Waals surface area contributed by atoms with Gasteiger partial charge in [0.05, 0.1) is 0 Å². The summed E-state index contributed by atoms with van der Waals surface area (Å²) in [6.07, 6.45) is 6.97. The first-order chi connectivity index (χ1) is 9.84. The number of rotatable bonds is 9. The summed E-state index contributed by atoms with van der Waals surface area (Å²) in [5, 5.41) is 3.31. The molecule has 0 aromatic rings. The fourth-order valence-corrected chi connectivity index (χ4v) is 4.11. The van der Waals surface area contributed by atoms with Crippen molar-refractivity contribution in [2.75, 3.05) is 33.7 Å². The topological polar surface area (TPSA) is 52.7 Å². The molecular weight excluding hydrogens is 286 g/mol. The van der Waals surface area contributed by atoms with Crippen molar-refractivity contribution in [3.8, 4) is 0 Å². The number of nitrogens with one attached hydrogen (secondary N) is 1. The van der Waals surface area contributed by atoms with Crippen molar-refractivity contribution in [1.29, 1.82) is 0 Å². The average Bonchev–Trinajstić information content (AvgIpc) is 2.44. The molecule has 0 unspecified atom stereocenters. The minimum absolute atomic E-state index is 0.445. The van der Waals surface area contributed by atoms with Gasteiger partial charge in [0, 0.05) is 33.2 Å². The van der Waals surface area contributed by atoms with Crippen LogP contribution in [0, 0.1) is 5.92 Å². The van der Waals surface area contributed by atoms with Crippen LogP contribution in [0.2, 0.25) is 0 Å². The molecule has 0 bridgehead atoms. The van der Waals surface area contributed by atoms with Crippen molar-refractivity contribution < 1.29 is 8.42 Å². The van der Waals surface area contributed by atoms with E-state index in [1.807, 2.05) is 0 Å². The molecule has 0 atom stereocenters. The molecule has 0 spiro atoms. The van der Waals surface area contributed by atoms with Gasteiger partial charge in [-0.2, -0.15) is 17.0 Å². The van der Waals surface area contributed by atoms with E-state index in [0.717, 1.165) is 13.0 Å². The highest BCUT2D eigenvalue weighted by atomic mass is 32.2. The predicted molar refractivity (Wildman–Crippen MR) is 88.5 cm³/mol. The molecule has 1 fully saturated rings. The third-order valence-electron chi connectivity index (χ3n) is 4.23. The van der Waals surface area contributed by atoms with E-state index in [1.165, 1.54) is 36.4 Å². The maximum absolute atomic E-state index is 12.5. The van der Waals surface area contributed by atoms with Crippen LogP contribution >= 0.6 is 0 Å². The Hall–Kier alpha value is -0.170. The molecule has 0 aromatic heterocycles. The maximum atomic E-state index is 12.5. The standard InChI is InChI=1S/C15H33N3O2S/c1-14(2)16-11-8-12-17(3)21(19,20)18(4)13-15-9-6-5-7-10-15/h14-16H,5-13H2,1-4H3. The Bertz CT molecular complexity index is 378. The van der Waals surface area contributed by atoms with E-state index in [0.29, 0.717) is 25.0 Å². The largest absolute Gasteiger partial charge is 0.314 e. The van der Waals surface area contributed by atoms with Crippen LogP contribution in [0.1, 0.15) is 52.4 Å². The molecular formula is C15H33N3O2S. The third-order valence-corrected chi connectivity index (χ3v) is 6.14. The van der Waals surface area contributed by atoms with E-state index in [2.05, 4.69) is 19.2 Å². The second-order valence-electron chi connectivity index (χ2n) is 6.58. The normalized spacial score (nSPS) is 18.0. The Morgan fingerprint density at radius 1 is 1.10 bits per heavy atom. The Labute approximate surface area is 131 Å². The summed E-state index contributed by atoms with van der Waals surface area (Å²) in [4.78, 5) is 0. The quantitative estimate of drug-likeness (QED) is 0.662. The minimum Gasteiger partial charge on any atom is -0.314 e. The van der Waals surface area contributed by atoms with E-state index in [1.54, 1.807) is 18.4 Å². The summed E-state index contributed by atoms with van der Waals surface area (Å²) in [6, 6.07) is 0.445. The smallest absolute Gasteiger partial charge is 0.281 e. The Balaban J connectivity index is 2.38. The lowest BCUT2D eigenvalue weighted by Crippen LogP contribution is -2.43. The van der Waals surface area contributed by atoms with Gasteiger partial charge < -0.3 is 5.32 Å². The van der Waals surface area contributed by atoms with Crippen LogP contribution in [-0.2, 0) is 10.2 Å². The first-order valence-corrected chi connectivity index (χ1v) is 9.64. The molecule has 0 radical (unpaired) electrons. The fraction of sp³-hybridized carbons (Fsp3) is 1.00. The second-order valence-corrected chi connectivity index (χ2v) is 8.72. The molecule has 0 amide bonds. The molecule has 0 saturated heterocycles. The Kier molecular flexibility index (Phi) is 8.16. The number of hydrogen-bond donors (Lipinski definition) is 1. The van der Waals surface area contributed by atoms with Gasteiger partial charge in [-0.25, -0.2) is 0 Å². The lowest BCUT2D eigenvalue weighted by atomic mass is 9.89. The number of hydrogen-bond acceptors (Lipinski definition) is 3. The zero-order chi connectivity index (χ0) is 15.9. The Morgan fingerprint density at radius 2 is 1.71 bits per heavy atom. The van der Waals surface area contributed by atoms with Crippen LogP contribution in [0.25, 0.3) is 0 Å². The fourth-order valence-electron chi connectivity index (χ4n) is 2.87. The van der Waals surface area contributed by atoms with Crippen molar-refractivity contribution in [1.82, 2.24) is 13.9 Å². The third kappa shape index (κ3) is 6.63. The first kappa shape index (κ1) is 18.9. The van der Waals surface area contributed by atoms with Crippen LogP contribution in [0.5, 0.6) is 0 Å². The van der Waals surface area contributed by atoms with Gasteiger partial charge in [-0.15, -0.1) is 0 Å². The lowest BCUT2D eigenvalue weighted by molar-refractivity contribution is 0.287. The van der Waals surface area contributed by atoms with E-state index < -0.39 is 10.2 Å². The van der Waals surface area contributed by atoms with Gasteiger partial charge in [0.25, 0.3) is 10.2 Å². The molecule has 1 saturated carbocycles. The van der Waals surface area contributed by atoms with E-state index >= 15 is 0 Å². The molecule has 6 heteroatoms. The van der Waals surface area contributed by atoms with Crippen molar-refractivity contribution >= 4 is 10.2 Å². The van der Waals surface area contributed by atoms with Gasteiger partial charge in [0.15, 0.2) is 0 Å². The zero-order valence-corrected chi connectivity index (χ0v) is 15.0. The highest BCUT2D eigenvalue weighted by Crippen LogP contribution is 2.25. The summed E-state index contributed by atoms with van der Waals surface area (Å²) in [5.74, 6) is 0.537. The SMILES string of the molecule is CC(C)NCCCN(C)S(=O)(=O)N(C)CC1CCCCC1. The van der Waals surface area contributed by atoms with Gasteiger partial charge in [-0.1, -0.05) is 33.1 Å².